The molecule has 2 aliphatic rings. The molecular weight excluding hydrogens is 336 g/mol. The Morgan fingerprint density at radius 2 is 1.71 bits per heavy atom. The molecule has 0 aromatic heterocycles. The molecule has 2 aromatic rings. The molecule has 1 atom stereocenters. The average Bonchev–Trinajstić information content (AvgIpc) is 2.92. The highest BCUT2D eigenvalue weighted by Gasteiger charge is 2.31. The van der Waals surface area contributed by atoms with E-state index in [2.05, 4.69) is 15.9 Å². The van der Waals surface area contributed by atoms with Crippen molar-refractivity contribution >= 4 is 21.9 Å². The number of carbonyl (C=O) groups is 1. The summed E-state index contributed by atoms with van der Waals surface area (Å²) in [5, 5.41) is 0. The van der Waals surface area contributed by atoms with E-state index in [0.29, 0.717) is 23.7 Å². The van der Waals surface area contributed by atoms with Gasteiger partial charge >= 0.3 is 5.97 Å². The molecular formula is C16H11BrO4. The molecule has 0 bridgehead atoms. The van der Waals surface area contributed by atoms with Gasteiger partial charge in [0, 0.05) is 22.0 Å². The van der Waals surface area contributed by atoms with E-state index in [-0.39, 0.29) is 18.7 Å². The molecule has 5 heteroatoms. The molecule has 0 spiro atoms. The van der Waals surface area contributed by atoms with E-state index < -0.39 is 0 Å². The molecule has 0 saturated heterocycles. The third kappa shape index (κ3) is 2.17. The number of hydrogen-bond acceptors (Lipinski definition) is 4. The highest BCUT2D eigenvalue weighted by atomic mass is 79.9. The van der Waals surface area contributed by atoms with Crippen LogP contribution in [0.1, 0.15) is 23.5 Å². The predicted octanol–water partition coefficient (Wildman–Crippen LogP) is 3.62. The maximum absolute atomic E-state index is 11.9. The summed E-state index contributed by atoms with van der Waals surface area (Å²) in [6.45, 7) is 0.203. The van der Waals surface area contributed by atoms with E-state index in [4.69, 9.17) is 14.2 Å². The summed E-state index contributed by atoms with van der Waals surface area (Å²) in [5.41, 5.74) is 2.04. The predicted molar refractivity (Wildman–Crippen MR) is 78.8 cm³/mol. The zero-order valence-corrected chi connectivity index (χ0v) is 12.6. The zero-order valence-electron chi connectivity index (χ0n) is 11.0. The van der Waals surface area contributed by atoms with Gasteiger partial charge in [0.15, 0.2) is 11.5 Å². The molecule has 2 aromatic carbocycles. The van der Waals surface area contributed by atoms with Crippen molar-refractivity contribution in [3.8, 4) is 17.2 Å². The summed E-state index contributed by atoms with van der Waals surface area (Å²) in [7, 11) is 0. The molecule has 4 nitrogen and oxygen atoms in total. The molecule has 0 aliphatic carbocycles. The van der Waals surface area contributed by atoms with Gasteiger partial charge in [-0.2, -0.15) is 0 Å². The van der Waals surface area contributed by atoms with Crippen LogP contribution in [0, 0.1) is 0 Å². The molecule has 1 unspecified atom stereocenters. The number of benzene rings is 2. The van der Waals surface area contributed by atoms with Crippen molar-refractivity contribution in [2.24, 2.45) is 0 Å². The summed E-state index contributed by atoms with van der Waals surface area (Å²) in [4.78, 5) is 11.9. The molecule has 0 saturated carbocycles. The average molecular weight is 347 g/mol. The van der Waals surface area contributed by atoms with Crippen LogP contribution in [0.25, 0.3) is 0 Å². The van der Waals surface area contributed by atoms with Crippen molar-refractivity contribution in [2.75, 3.05) is 6.79 Å². The SMILES string of the molecule is O=C1CC(c2ccc(Br)cc2)c2cc3c(cc2O1)OCO3. The van der Waals surface area contributed by atoms with Crippen molar-refractivity contribution in [2.45, 2.75) is 12.3 Å². The normalized spacial score (nSPS) is 19.1. The first kappa shape index (κ1) is 12.7. The summed E-state index contributed by atoms with van der Waals surface area (Å²) in [6, 6.07) is 11.6. The topological polar surface area (TPSA) is 44.8 Å². The van der Waals surface area contributed by atoms with Gasteiger partial charge in [-0.15, -0.1) is 0 Å². The van der Waals surface area contributed by atoms with Crippen molar-refractivity contribution in [3.05, 3.63) is 52.0 Å². The van der Waals surface area contributed by atoms with Crippen LogP contribution in [-0.4, -0.2) is 12.8 Å². The molecule has 0 fully saturated rings. The van der Waals surface area contributed by atoms with Crippen molar-refractivity contribution < 1.29 is 19.0 Å². The largest absolute Gasteiger partial charge is 0.454 e. The van der Waals surface area contributed by atoms with E-state index in [9.17, 15) is 4.79 Å². The number of fused-ring (bicyclic) bond motifs is 2. The van der Waals surface area contributed by atoms with Crippen molar-refractivity contribution in [1.29, 1.82) is 0 Å². The number of carbonyl (C=O) groups excluding carboxylic acids is 1. The molecule has 0 N–H and O–H groups in total. The fraction of sp³-hybridized carbons (Fsp3) is 0.188. The van der Waals surface area contributed by atoms with Crippen molar-refractivity contribution in [3.63, 3.8) is 0 Å². The Kier molecular flexibility index (Phi) is 2.89. The second kappa shape index (κ2) is 4.77. The molecule has 2 heterocycles. The van der Waals surface area contributed by atoms with Crippen LogP contribution in [-0.2, 0) is 4.79 Å². The first-order valence-electron chi connectivity index (χ1n) is 6.60. The standard InChI is InChI=1S/C16H11BrO4/c17-10-3-1-9(2-4-10)11-6-16(18)21-13-7-15-14(5-12(11)13)19-8-20-15/h1-5,7,11H,6,8H2. The van der Waals surface area contributed by atoms with Gasteiger partial charge in [0.1, 0.15) is 5.75 Å². The van der Waals surface area contributed by atoms with E-state index in [0.717, 1.165) is 15.6 Å². The lowest BCUT2D eigenvalue weighted by Crippen LogP contribution is -2.20. The Labute approximate surface area is 129 Å². The van der Waals surface area contributed by atoms with E-state index in [1.807, 2.05) is 30.3 Å². The number of rotatable bonds is 1. The molecule has 0 amide bonds. The van der Waals surface area contributed by atoms with Crippen LogP contribution in [0.4, 0.5) is 0 Å². The minimum atomic E-state index is -0.228. The van der Waals surface area contributed by atoms with Gasteiger partial charge in [-0.1, -0.05) is 28.1 Å². The molecule has 2 aliphatic heterocycles. The van der Waals surface area contributed by atoms with Gasteiger partial charge in [0.2, 0.25) is 6.79 Å². The first-order valence-corrected chi connectivity index (χ1v) is 7.40. The van der Waals surface area contributed by atoms with Crippen LogP contribution in [0.2, 0.25) is 0 Å². The second-order valence-corrected chi connectivity index (χ2v) is 5.94. The fourth-order valence-corrected chi connectivity index (χ4v) is 3.00. The monoisotopic (exact) mass is 346 g/mol. The Morgan fingerprint density at radius 1 is 1.00 bits per heavy atom. The van der Waals surface area contributed by atoms with E-state index in [1.54, 1.807) is 6.07 Å². The quantitative estimate of drug-likeness (QED) is 0.584. The number of halogens is 1. The first-order chi connectivity index (χ1) is 10.2. The van der Waals surface area contributed by atoms with E-state index in [1.165, 1.54) is 0 Å². The Balaban J connectivity index is 1.83. The minimum absolute atomic E-state index is 0.0242. The highest BCUT2D eigenvalue weighted by Crippen LogP contribution is 2.45. The van der Waals surface area contributed by atoms with Gasteiger partial charge in [-0.05, 0) is 23.8 Å². The van der Waals surface area contributed by atoms with E-state index >= 15 is 0 Å². The third-order valence-electron chi connectivity index (χ3n) is 3.75. The summed E-state index contributed by atoms with van der Waals surface area (Å²) in [5.74, 6) is 1.63. The van der Waals surface area contributed by atoms with Gasteiger partial charge in [-0.25, -0.2) is 0 Å². The van der Waals surface area contributed by atoms with Crippen molar-refractivity contribution in [1.82, 2.24) is 0 Å². The second-order valence-electron chi connectivity index (χ2n) is 5.03. The van der Waals surface area contributed by atoms with Crippen LogP contribution in [0.3, 0.4) is 0 Å². The maximum atomic E-state index is 11.9. The minimum Gasteiger partial charge on any atom is -0.454 e. The number of ether oxygens (including phenoxy) is 3. The highest BCUT2D eigenvalue weighted by molar-refractivity contribution is 9.10. The summed E-state index contributed by atoms with van der Waals surface area (Å²) in [6.07, 6.45) is 0.328. The third-order valence-corrected chi connectivity index (χ3v) is 4.28. The molecule has 106 valence electrons. The fourth-order valence-electron chi connectivity index (χ4n) is 2.73. The van der Waals surface area contributed by atoms with Gasteiger partial charge in [0.25, 0.3) is 0 Å². The lowest BCUT2D eigenvalue weighted by atomic mass is 9.86. The Morgan fingerprint density at radius 3 is 2.48 bits per heavy atom. The number of hydrogen-bond donors (Lipinski definition) is 0. The molecule has 0 radical (unpaired) electrons. The van der Waals surface area contributed by atoms with Crippen LogP contribution in [0.5, 0.6) is 17.2 Å². The van der Waals surface area contributed by atoms with Crippen LogP contribution >= 0.6 is 15.9 Å². The Bertz CT molecular complexity index is 724. The van der Waals surface area contributed by atoms with Gasteiger partial charge < -0.3 is 14.2 Å². The lowest BCUT2D eigenvalue weighted by Gasteiger charge is -2.25. The molecule has 4 rings (SSSR count). The Hall–Kier alpha value is -2.01. The summed E-state index contributed by atoms with van der Waals surface area (Å²) < 4.78 is 17.1. The smallest absolute Gasteiger partial charge is 0.312 e. The zero-order chi connectivity index (χ0) is 14.4. The van der Waals surface area contributed by atoms with Gasteiger partial charge in [0.05, 0.1) is 6.42 Å². The van der Waals surface area contributed by atoms with Crippen LogP contribution < -0.4 is 14.2 Å². The number of esters is 1. The lowest BCUT2D eigenvalue weighted by molar-refractivity contribution is -0.135. The molecule has 21 heavy (non-hydrogen) atoms. The maximum Gasteiger partial charge on any atom is 0.312 e. The van der Waals surface area contributed by atoms with Gasteiger partial charge in [-0.3, -0.25) is 4.79 Å². The summed E-state index contributed by atoms with van der Waals surface area (Å²) >= 11 is 3.43. The van der Waals surface area contributed by atoms with Crippen LogP contribution in [0.15, 0.2) is 40.9 Å².